The Morgan fingerprint density at radius 2 is 0.630 bits per heavy atom. The van der Waals surface area contributed by atoms with Gasteiger partial charge in [0.15, 0.2) is 12.2 Å². The molecule has 0 rings (SSSR count). The molecule has 0 aliphatic heterocycles. The third kappa shape index (κ3) is 55.7. The fourth-order valence-corrected chi connectivity index (χ4v) is 10.7. The summed E-state index contributed by atoms with van der Waals surface area (Å²) in [6.07, 6.45) is 33.8. The van der Waals surface area contributed by atoms with Crippen LogP contribution >= 0.6 is 15.6 Å². The monoisotopic (exact) mass is 1200 g/mol. The van der Waals surface area contributed by atoms with Crippen molar-refractivity contribution in [1.29, 1.82) is 0 Å². The average molecular weight is 1200 g/mol. The second kappa shape index (κ2) is 53.5. The van der Waals surface area contributed by atoms with E-state index >= 15 is 0 Å². The maximum atomic E-state index is 12.9. The molecule has 0 aliphatic rings. The first-order chi connectivity index (χ1) is 38.8. The summed E-state index contributed by atoms with van der Waals surface area (Å²) in [6.45, 7) is 11.6. The molecule has 3 N–H and O–H groups in total. The number of aliphatic hydroxyl groups excluding tert-OH is 1. The van der Waals surface area contributed by atoms with Gasteiger partial charge in [0.2, 0.25) is 0 Å². The molecule has 0 aromatic carbocycles. The van der Waals surface area contributed by atoms with E-state index in [0.29, 0.717) is 25.7 Å². The summed E-state index contributed by atoms with van der Waals surface area (Å²) < 4.78 is 67.7. The van der Waals surface area contributed by atoms with Crippen LogP contribution in [0, 0.1) is 17.8 Å². The third-order valence-electron chi connectivity index (χ3n) is 14.5. The molecule has 0 heterocycles. The van der Waals surface area contributed by atoms with E-state index in [1.165, 1.54) is 103 Å². The van der Waals surface area contributed by atoms with Crippen molar-refractivity contribution < 1.29 is 80.2 Å². The van der Waals surface area contributed by atoms with E-state index in [-0.39, 0.29) is 25.7 Å². The van der Waals surface area contributed by atoms with Crippen molar-refractivity contribution in [3.63, 3.8) is 0 Å². The normalized spacial score (nSPS) is 14.8. The van der Waals surface area contributed by atoms with Gasteiger partial charge in [-0.1, -0.05) is 248 Å². The molecule has 0 aromatic heterocycles. The lowest BCUT2D eigenvalue weighted by Gasteiger charge is -2.21. The molecule has 0 saturated heterocycles. The van der Waals surface area contributed by atoms with Crippen LogP contribution in [0.1, 0.15) is 299 Å². The SMILES string of the molecule is CCCCCCCC(=O)OC[C@H](COP(=O)(O)OC[C@H](O)COP(=O)(O)OC[C@@H](COC(=O)CCCCCCCCCCCC(C)C)OC(=O)CCCCCCCCCCCC(C)C)OC(=O)CCCCCCCCCCC(C)CC. The van der Waals surface area contributed by atoms with Crippen molar-refractivity contribution in [2.45, 2.75) is 317 Å². The Labute approximate surface area is 492 Å². The minimum absolute atomic E-state index is 0.103. The highest BCUT2D eigenvalue weighted by Gasteiger charge is 2.30. The minimum atomic E-state index is -4.94. The molecule has 0 bridgehead atoms. The number of carbonyl (C=O) groups is 4. The van der Waals surface area contributed by atoms with Crippen molar-refractivity contribution in [2.75, 3.05) is 39.6 Å². The topological polar surface area (TPSA) is 237 Å². The van der Waals surface area contributed by atoms with Gasteiger partial charge in [0.25, 0.3) is 0 Å². The Morgan fingerprint density at radius 3 is 0.938 bits per heavy atom. The number of rotatable bonds is 60. The fraction of sp³-hybridized carbons (Fsp3) is 0.935. The first-order valence-corrected chi connectivity index (χ1v) is 35.4. The number of ether oxygens (including phenoxy) is 4. The summed E-state index contributed by atoms with van der Waals surface area (Å²) in [4.78, 5) is 71.9. The van der Waals surface area contributed by atoms with Crippen LogP contribution in [0.25, 0.3) is 0 Å². The smallest absolute Gasteiger partial charge is 0.462 e. The van der Waals surface area contributed by atoms with Crippen molar-refractivity contribution in [3.8, 4) is 0 Å². The zero-order valence-corrected chi connectivity index (χ0v) is 54.0. The number of esters is 4. The second-order valence-electron chi connectivity index (χ2n) is 23.6. The van der Waals surface area contributed by atoms with Crippen LogP contribution in [-0.2, 0) is 65.4 Å². The predicted molar refractivity (Wildman–Crippen MR) is 321 cm³/mol. The molecule has 6 atom stereocenters. The molecule has 0 radical (unpaired) electrons. The zero-order valence-electron chi connectivity index (χ0n) is 52.2. The lowest BCUT2D eigenvalue weighted by atomic mass is 9.99. The maximum absolute atomic E-state index is 12.9. The molecule has 19 heteroatoms. The summed E-state index contributed by atoms with van der Waals surface area (Å²) in [5.41, 5.74) is 0. The summed E-state index contributed by atoms with van der Waals surface area (Å²) in [6, 6.07) is 0. The van der Waals surface area contributed by atoms with Gasteiger partial charge in [0.05, 0.1) is 26.4 Å². The van der Waals surface area contributed by atoms with E-state index in [2.05, 4.69) is 48.5 Å². The first kappa shape index (κ1) is 79.1. The van der Waals surface area contributed by atoms with Crippen LogP contribution in [0.4, 0.5) is 0 Å². The van der Waals surface area contributed by atoms with E-state index in [1.807, 2.05) is 0 Å². The quantitative estimate of drug-likeness (QED) is 0.0222. The molecule has 0 amide bonds. The van der Waals surface area contributed by atoms with E-state index in [1.54, 1.807) is 0 Å². The van der Waals surface area contributed by atoms with E-state index in [4.69, 9.17) is 37.0 Å². The summed E-state index contributed by atoms with van der Waals surface area (Å²) in [5, 5.41) is 10.5. The van der Waals surface area contributed by atoms with Crippen molar-refractivity contribution in [1.82, 2.24) is 0 Å². The molecule has 0 saturated carbocycles. The number of hydrogen-bond donors (Lipinski definition) is 3. The van der Waals surface area contributed by atoms with Gasteiger partial charge in [-0.05, 0) is 43.4 Å². The number of unbranched alkanes of at least 4 members (excludes halogenated alkanes) is 27. The number of carbonyl (C=O) groups excluding carboxylic acids is 4. The summed E-state index contributed by atoms with van der Waals surface area (Å²) >= 11 is 0. The zero-order chi connectivity index (χ0) is 60.3. The van der Waals surface area contributed by atoms with Crippen LogP contribution in [-0.4, -0.2) is 96.7 Å². The predicted octanol–water partition coefficient (Wildman–Crippen LogP) is 16.7. The third-order valence-corrected chi connectivity index (χ3v) is 16.4. The lowest BCUT2D eigenvalue weighted by Crippen LogP contribution is -2.30. The Bertz CT molecular complexity index is 1620. The second-order valence-corrected chi connectivity index (χ2v) is 26.5. The highest BCUT2D eigenvalue weighted by Crippen LogP contribution is 2.45. The number of phosphoric acid groups is 2. The van der Waals surface area contributed by atoms with E-state index < -0.39 is 97.5 Å². The highest BCUT2D eigenvalue weighted by atomic mass is 31.2. The number of phosphoric ester groups is 2. The van der Waals surface area contributed by atoms with Crippen LogP contribution in [0.3, 0.4) is 0 Å². The van der Waals surface area contributed by atoms with Crippen LogP contribution in [0.15, 0.2) is 0 Å². The number of hydrogen-bond acceptors (Lipinski definition) is 15. The van der Waals surface area contributed by atoms with Crippen molar-refractivity contribution in [3.05, 3.63) is 0 Å². The Hall–Kier alpha value is -1.94. The van der Waals surface area contributed by atoms with Crippen molar-refractivity contribution >= 4 is 39.5 Å². The fourth-order valence-electron chi connectivity index (χ4n) is 9.09. The molecule has 0 aromatic rings. The largest absolute Gasteiger partial charge is 0.472 e. The Kier molecular flexibility index (Phi) is 52.2. The molecule has 17 nitrogen and oxygen atoms in total. The summed E-state index contributed by atoms with van der Waals surface area (Å²) in [5.74, 6) is 0.0999. The maximum Gasteiger partial charge on any atom is 0.472 e. The summed E-state index contributed by atoms with van der Waals surface area (Å²) in [7, 11) is -9.88. The van der Waals surface area contributed by atoms with Gasteiger partial charge in [-0.3, -0.25) is 37.3 Å². The standard InChI is InChI=1S/C62H120O17P2/c1-8-10-11-26-36-43-59(64)72-49-57(78-62(67)46-39-32-25-19-18-22-29-35-42-55(7)9-2)51-76-80(68,69)74-47-56(63)48-75-81(70,71)77-52-58(79-61(66)45-38-31-24-17-13-15-21-28-34-41-54(5)6)50-73-60(65)44-37-30-23-16-12-14-20-27-33-40-53(3)4/h53-58,63H,8-52H2,1-7H3,(H,68,69)(H,70,71)/t55?,56-,57+,58+/m0/s1. The molecular weight excluding hydrogens is 1080 g/mol. The van der Waals surface area contributed by atoms with E-state index in [0.717, 1.165) is 114 Å². The first-order valence-electron chi connectivity index (χ1n) is 32.4. The highest BCUT2D eigenvalue weighted by molar-refractivity contribution is 7.47. The molecule has 3 unspecified atom stereocenters. The van der Waals surface area contributed by atoms with Gasteiger partial charge in [0, 0.05) is 25.7 Å². The molecule has 0 spiro atoms. The van der Waals surface area contributed by atoms with Crippen molar-refractivity contribution in [2.24, 2.45) is 17.8 Å². The van der Waals surface area contributed by atoms with Gasteiger partial charge in [-0.15, -0.1) is 0 Å². The van der Waals surface area contributed by atoms with Crippen LogP contribution in [0.5, 0.6) is 0 Å². The van der Waals surface area contributed by atoms with Gasteiger partial charge in [0.1, 0.15) is 19.3 Å². The van der Waals surface area contributed by atoms with Gasteiger partial charge >= 0.3 is 39.5 Å². The minimum Gasteiger partial charge on any atom is -0.462 e. The average Bonchev–Trinajstić information content (AvgIpc) is 3.42. The molecule has 0 fully saturated rings. The molecule has 480 valence electrons. The van der Waals surface area contributed by atoms with E-state index in [9.17, 15) is 43.2 Å². The molecule has 81 heavy (non-hydrogen) atoms. The van der Waals surface area contributed by atoms with Gasteiger partial charge < -0.3 is 33.8 Å². The van der Waals surface area contributed by atoms with Crippen LogP contribution in [0.2, 0.25) is 0 Å². The lowest BCUT2D eigenvalue weighted by molar-refractivity contribution is -0.161. The Balaban J connectivity index is 5.19. The van der Waals surface area contributed by atoms with Gasteiger partial charge in [-0.2, -0.15) is 0 Å². The Morgan fingerprint density at radius 1 is 0.358 bits per heavy atom. The molecular formula is C62H120O17P2. The number of aliphatic hydroxyl groups is 1. The molecule has 0 aliphatic carbocycles. The van der Waals surface area contributed by atoms with Crippen LogP contribution < -0.4 is 0 Å². The van der Waals surface area contributed by atoms with Gasteiger partial charge in [-0.25, -0.2) is 9.13 Å².